The Labute approximate surface area is 147 Å². The van der Waals surface area contributed by atoms with Crippen molar-refractivity contribution in [3.63, 3.8) is 0 Å². The van der Waals surface area contributed by atoms with Crippen LogP contribution >= 0.6 is 0 Å². The smallest absolute Gasteiger partial charge is 0.185 e. The van der Waals surface area contributed by atoms with Crippen molar-refractivity contribution in [1.82, 2.24) is 0 Å². The van der Waals surface area contributed by atoms with Gasteiger partial charge in [-0.2, -0.15) is 0 Å². The molecule has 0 amide bonds. The van der Waals surface area contributed by atoms with Gasteiger partial charge in [-0.25, -0.2) is 0 Å². The first-order valence-electron chi connectivity index (χ1n) is 8.20. The molecule has 0 aliphatic heterocycles. The van der Waals surface area contributed by atoms with Crippen molar-refractivity contribution in [2.24, 2.45) is 0 Å². The molecule has 5 heteroatoms. The van der Waals surface area contributed by atoms with Crippen LogP contribution < -0.4 is 22.9 Å². The van der Waals surface area contributed by atoms with E-state index in [-0.39, 0.29) is 5.78 Å². The number of ketones is 1. The monoisotopic (exact) mass is 334 g/mol. The summed E-state index contributed by atoms with van der Waals surface area (Å²) in [7, 11) is 0. The molecule has 0 atom stereocenters. The number of allylic oxidation sites excluding steroid dienone is 2. The molecule has 1 aliphatic rings. The molecule has 1 saturated carbocycles. The zero-order valence-electron chi connectivity index (χ0n) is 14.0. The van der Waals surface area contributed by atoms with Gasteiger partial charge in [-0.05, 0) is 66.8 Å². The molecule has 0 bridgehead atoms. The van der Waals surface area contributed by atoms with Crippen LogP contribution in [0.4, 0.5) is 22.7 Å². The molecule has 1 fully saturated rings. The van der Waals surface area contributed by atoms with E-state index in [0.717, 1.165) is 41.5 Å². The van der Waals surface area contributed by atoms with E-state index in [9.17, 15) is 4.79 Å². The average Bonchev–Trinajstić information content (AvgIpc) is 2.58. The highest BCUT2D eigenvalue weighted by molar-refractivity contribution is 6.14. The topological polar surface area (TPSA) is 121 Å². The summed E-state index contributed by atoms with van der Waals surface area (Å²) in [6.45, 7) is 0. The number of nitrogen functional groups attached to an aromatic ring is 4. The van der Waals surface area contributed by atoms with Crippen LogP contribution in [0.5, 0.6) is 0 Å². The quantitative estimate of drug-likeness (QED) is 0.496. The number of carbonyl (C=O) groups is 1. The first-order valence-corrected chi connectivity index (χ1v) is 8.20. The summed E-state index contributed by atoms with van der Waals surface area (Å²) < 4.78 is 0. The molecule has 2 aromatic carbocycles. The number of anilines is 4. The van der Waals surface area contributed by atoms with Crippen LogP contribution in [-0.2, 0) is 4.79 Å². The van der Waals surface area contributed by atoms with Gasteiger partial charge in [-0.1, -0.05) is 12.1 Å². The Balaban J connectivity index is 1.89. The first kappa shape index (κ1) is 16.6. The third kappa shape index (κ3) is 3.66. The molecule has 0 saturated heterocycles. The van der Waals surface area contributed by atoms with Crippen LogP contribution in [0.25, 0.3) is 12.2 Å². The number of benzene rings is 2. The van der Waals surface area contributed by atoms with Gasteiger partial charge in [0.15, 0.2) is 5.78 Å². The molecule has 0 radical (unpaired) electrons. The van der Waals surface area contributed by atoms with Gasteiger partial charge < -0.3 is 22.9 Å². The predicted octanol–water partition coefficient (Wildman–Crippen LogP) is 3.24. The van der Waals surface area contributed by atoms with Gasteiger partial charge in [-0.15, -0.1) is 0 Å². The Kier molecular flexibility index (Phi) is 4.48. The second-order valence-electron chi connectivity index (χ2n) is 6.30. The lowest BCUT2D eigenvalue weighted by molar-refractivity contribution is -0.112. The van der Waals surface area contributed by atoms with E-state index in [0.29, 0.717) is 22.7 Å². The number of hydrogen-bond acceptors (Lipinski definition) is 5. The van der Waals surface area contributed by atoms with Crippen molar-refractivity contribution < 1.29 is 4.79 Å². The van der Waals surface area contributed by atoms with Crippen molar-refractivity contribution >= 4 is 40.7 Å². The van der Waals surface area contributed by atoms with E-state index in [1.807, 2.05) is 24.3 Å². The fourth-order valence-electron chi connectivity index (χ4n) is 2.95. The second kappa shape index (κ2) is 6.73. The normalized spacial score (nSPS) is 18.0. The molecule has 1 aliphatic carbocycles. The van der Waals surface area contributed by atoms with E-state index in [2.05, 4.69) is 0 Å². The maximum absolute atomic E-state index is 12.8. The van der Waals surface area contributed by atoms with Gasteiger partial charge in [0, 0.05) is 11.1 Å². The third-order valence-corrected chi connectivity index (χ3v) is 4.38. The van der Waals surface area contributed by atoms with Gasteiger partial charge in [0.05, 0.1) is 22.7 Å². The van der Waals surface area contributed by atoms with Crippen LogP contribution in [0.1, 0.15) is 30.4 Å². The average molecular weight is 334 g/mol. The molecule has 0 spiro atoms. The predicted molar refractivity (Wildman–Crippen MR) is 105 cm³/mol. The highest BCUT2D eigenvalue weighted by Gasteiger charge is 2.20. The molecule has 0 aromatic heterocycles. The zero-order valence-corrected chi connectivity index (χ0v) is 14.0. The molecular weight excluding hydrogens is 312 g/mol. The van der Waals surface area contributed by atoms with Crippen LogP contribution in [0.2, 0.25) is 0 Å². The molecule has 25 heavy (non-hydrogen) atoms. The Hall–Kier alpha value is -3.21. The molecule has 0 unspecified atom stereocenters. The lowest BCUT2D eigenvalue weighted by Gasteiger charge is -2.17. The largest absolute Gasteiger partial charge is 0.397 e. The van der Waals surface area contributed by atoms with E-state index in [1.54, 1.807) is 24.3 Å². The molecule has 5 nitrogen and oxygen atoms in total. The van der Waals surface area contributed by atoms with Crippen molar-refractivity contribution in [3.8, 4) is 0 Å². The summed E-state index contributed by atoms with van der Waals surface area (Å²) in [5, 5.41) is 0. The number of carbonyl (C=O) groups excluding carboxylic acids is 1. The van der Waals surface area contributed by atoms with Crippen molar-refractivity contribution in [2.75, 3.05) is 22.9 Å². The van der Waals surface area contributed by atoms with E-state index >= 15 is 0 Å². The maximum atomic E-state index is 12.8. The standard InChI is InChI=1S/C20H22N4O/c21-16-6-4-12(10-18(16)23)8-14-2-1-3-15(20(14)25)9-13-5-7-17(22)19(24)11-13/h4-11H,1-3,21-24H2. The lowest BCUT2D eigenvalue weighted by atomic mass is 9.86. The first-order chi connectivity index (χ1) is 11.9. The summed E-state index contributed by atoms with van der Waals surface area (Å²) in [6, 6.07) is 10.8. The minimum absolute atomic E-state index is 0.0667. The summed E-state index contributed by atoms with van der Waals surface area (Å²) >= 11 is 0. The number of nitrogens with two attached hydrogens (primary N) is 4. The fraction of sp³-hybridized carbons (Fsp3) is 0.150. The van der Waals surface area contributed by atoms with Gasteiger partial charge in [0.2, 0.25) is 0 Å². The van der Waals surface area contributed by atoms with E-state index in [1.165, 1.54) is 0 Å². The van der Waals surface area contributed by atoms with Crippen LogP contribution in [0, 0.1) is 0 Å². The minimum atomic E-state index is 0.0667. The van der Waals surface area contributed by atoms with Crippen molar-refractivity contribution in [2.45, 2.75) is 19.3 Å². The van der Waals surface area contributed by atoms with Crippen molar-refractivity contribution in [1.29, 1.82) is 0 Å². The fourth-order valence-corrected chi connectivity index (χ4v) is 2.95. The number of rotatable bonds is 2. The van der Waals surface area contributed by atoms with Gasteiger partial charge >= 0.3 is 0 Å². The molecule has 8 N–H and O–H groups in total. The zero-order chi connectivity index (χ0) is 18.0. The summed E-state index contributed by atoms with van der Waals surface area (Å²) in [6.07, 6.45) is 6.22. The SMILES string of the molecule is Nc1ccc(C=C2CCCC(=Cc3ccc(N)c(N)c3)C2=O)cc1N. The van der Waals surface area contributed by atoms with Gasteiger partial charge in [0.25, 0.3) is 0 Å². The molecule has 3 rings (SSSR count). The van der Waals surface area contributed by atoms with Gasteiger partial charge in [-0.3, -0.25) is 4.79 Å². The lowest BCUT2D eigenvalue weighted by Crippen LogP contribution is -2.12. The van der Waals surface area contributed by atoms with E-state index < -0.39 is 0 Å². The highest BCUT2D eigenvalue weighted by atomic mass is 16.1. The summed E-state index contributed by atoms with van der Waals surface area (Å²) in [5.41, 5.74) is 28.6. The van der Waals surface area contributed by atoms with Gasteiger partial charge in [0.1, 0.15) is 0 Å². The maximum Gasteiger partial charge on any atom is 0.185 e. The van der Waals surface area contributed by atoms with Crippen LogP contribution in [-0.4, -0.2) is 5.78 Å². The van der Waals surface area contributed by atoms with E-state index in [4.69, 9.17) is 22.9 Å². The molecule has 2 aromatic rings. The third-order valence-electron chi connectivity index (χ3n) is 4.38. The molecular formula is C20H22N4O. The minimum Gasteiger partial charge on any atom is -0.397 e. The highest BCUT2D eigenvalue weighted by Crippen LogP contribution is 2.29. The van der Waals surface area contributed by atoms with Crippen LogP contribution in [0.15, 0.2) is 47.5 Å². The molecule has 128 valence electrons. The molecule has 0 heterocycles. The Bertz CT molecular complexity index is 825. The Morgan fingerprint density at radius 2 is 1.12 bits per heavy atom. The Morgan fingerprint density at radius 1 is 0.680 bits per heavy atom. The van der Waals surface area contributed by atoms with Crippen molar-refractivity contribution in [3.05, 3.63) is 58.7 Å². The number of Topliss-reactive ketones (excluding diaryl/α,β-unsaturated/α-hetero) is 1. The summed E-state index contributed by atoms with van der Waals surface area (Å²) in [4.78, 5) is 12.8. The van der Waals surface area contributed by atoms with Crippen LogP contribution in [0.3, 0.4) is 0 Å². The number of hydrogen-bond donors (Lipinski definition) is 4. The Morgan fingerprint density at radius 3 is 1.52 bits per heavy atom. The summed E-state index contributed by atoms with van der Waals surface area (Å²) in [5.74, 6) is 0.0667. The second-order valence-corrected chi connectivity index (χ2v) is 6.30.